The molecule has 60 heteroatoms. The molecule has 16 atom stereocenters. The molecule has 0 spiro atoms. The summed E-state index contributed by atoms with van der Waals surface area (Å²) >= 11 is 0. The molecule has 21 rings (SSSR count). The van der Waals surface area contributed by atoms with Crippen LogP contribution in [0.25, 0.3) is 44.7 Å². The Morgan fingerprint density at radius 3 is 0.703 bits per heavy atom. The van der Waals surface area contributed by atoms with Crippen LogP contribution in [0.2, 0.25) is 0 Å². The molecule has 4 fully saturated rings. The lowest BCUT2D eigenvalue weighted by molar-refractivity contribution is -0.0438. The highest BCUT2D eigenvalue weighted by atomic mass is 31.2. The number of benzene rings is 4. The second-order valence-corrected chi connectivity index (χ2v) is 42.5. The van der Waals surface area contributed by atoms with Crippen LogP contribution in [0.5, 0.6) is 46.0 Å². The number of aliphatic hydroxyl groups is 4. The highest BCUT2D eigenvalue weighted by molar-refractivity contribution is 7.48. The lowest BCUT2D eigenvalue weighted by Gasteiger charge is -2.37. The Bertz CT molecular complexity index is 6650. The van der Waals surface area contributed by atoms with Gasteiger partial charge in [-0.05, 0) is 103 Å². The van der Waals surface area contributed by atoms with Crippen LogP contribution in [0.4, 0.5) is 23.8 Å². The van der Waals surface area contributed by atoms with Gasteiger partial charge in [-0.2, -0.15) is 19.9 Å². The highest BCUT2D eigenvalue weighted by Gasteiger charge is 2.50. The van der Waals surface area contributed by atoms with E-state index < -0.39 is 231 Å². The van der Waals surface area contributed by atoms with Crippen molar-refractivity contribution in [1.82, 2.24) is 78.1 Å². The molecule has 4 unspecified atom stereocenters. The number of phosphoric ester groups is 4. The molecule has 0 saturated carbocycles. The van der Waals surface area contributed by atoms with E-state index in [1.165, 1.54) is 43.6 Å². The summed E-state index contributed by atoms with van der Waals surface area (Å²) in [5.41, 5.74) is 26.4. The molecule has 8 bridgehead atoms. The number of anilines is 4. The topological polar surface area (TPSA) is 773 Å². The van der Waals surface area contributed by atoms with E-state index in [-0.39, 0.29) is 191 Å². The van der Waals surface area contributed by atoms with Crippen LogP contribution in [0, 0.1) is 27.7 Å². The number of rotatable bonds is 36. The first-order valence-electron chi connectivity index (χ1n) is 47.3. The number of phosphoric acid groups is 4. The third kappa shape index (κ3) is 19.6. The minimum Gasteiger partial charge on any atom is -0.457 e. The molecular formula is C88H104N20O36P4. The normalized spacial score (nSPS) is 25.4. The number of hydrogen-bond acceptors (Lipinski definition) is 44. The molecule has 56 nitrogen and oxygen atoms in total. The standard InChI is InChI=1S/C88H104N20O36P4/c1-37-69-45-17-46-42(10-6-14-134-146(119,120)142-54-22-62(138-58(54)26-110)106-30-94-66-78(106)98-86(90)102-82(66)114)48-19-50-44(12-8-16-136-148(123,124)144-56-24-64(140-60(56)28-112)108-32-96-68-80(108)100-88(92)104-84(68)116)52-20-51-43(11-7-15-135-147(121,122)143-55-23-63(139-59(55)27-111)107-31-95-67-79(107)99-87(91)103-83(67)115)49-18-47(41(45)9-5-13-133-145(117,118)141-53-21-61(137-57(53)25-109)105-29-93-65-77(105)97-85(89)101-81(65)113)71(127-33-125-69)38(2)73(49)129-35-131-75(51)40(4)76(52)132-36-130-74(50)39(3)72(48)128-34-126-70(37)46/h17-20,29-32,41-44,53-64,109-112H,5-16,21-28,33-36H2,1-4H3,(H,117,118)(H,119,120)(H,121,122)(H,123,124)(H3,89,97,101,113)(H3,90,98,102,114)(H3,91,99,103,115)(H3,92,100,104,116)/t41?,42?,43?,44?,53-,54-,55-,56-,57+,58+,59+,60+,61+,62+,63+,64+/m0/s1. The van der Waals surface area contributed by atoms with Crippen molar-refractivity contribution >= 4 is 99.7 Å². The van der Waals surface area contributed by atoms with Crippen molar-refractivity contribution in [3.63, 3.8) is 0 Å². The lowest BCUT2D eigenvalue weighted by atomic mass is 9.74. The fourth-order valence-electron chi connectivity index (χ4n) is 21.3. The van der Waals surface area contributed by atoms with Gasteiger partial charge in [-0.15, -0.1) is 0 Å². The molecule has 4 saturated heterocycles. The number of H-pyrrole nitrogens is 4. The van der Waals surface area contributed by atoms with Crippen molar-refractivity contribution in [3.8, 4) is 46.0 Å². The quantitative estimate of drug-likeness (QED) is 0.0163. The molecule has 20 N–H and O–H groups in total. The van der Waals surface area contributed by atoms with Gasteiger partial charge in [0.05, 0.1) is 78.2 Å². The summed E-state index contributed by atoms with van der Waals surface area (Å²) in [6.07, 6.45) is -10.1. The number of nitrogens with zero attached hydrogens (tertiary/aromatic N) is 12. The van der Waals surface area contributed by atoms with Gasteiger partial charge in [0.1, 0.15) is 120 Å². The fraction of sp³-hybridized carbons (Fsp3) is 0.500. The zero-order valence-electron chi connectivity index (χ0n) is 79.3. The molecular weight excluding hydrogens is 2040 g/mol. The van der Waals surface area contributed by atoms with Crippen LogP contribution < -0.4 is 83.1 Å². The number of aliphatic hydroxyl groups excluding tert-OH is 4. The number of hydrogen-bond donors (Lipinski definition) is 16. The van der Waals surface area contributed by atoms with E-state index in [9.17, 15) is 77.4 Å². The maximum Gasteiger partial charge on any atom is 0.472 e. The Morgan fingerprint density at radius 2 is 0.520 bits per heavy atom. The first-order chi connectivity index (χ1) is 71.0. The number of ether oxygens (including phenoxy) is 12. The van der Waals surface area contributed by atoms with E-state index in [1.807, 2.05) is 24.3 Å². The van der Waals surface area contributed by atoms with Gasteiger partial charge in [0, 0.05) is 116 Å². The molecule has 16 heterocycles. The summed E-state index contributed by atoms with van der Waals surface area (Å²) in [4.78, 5) is 142. The van der Waals surface area contributed by atoms with E-state index in [0.29, 0.717) is 66.8 Å². The largest absolute Gasteiger partial charge is 0.472 e. The lowest BCUT2D eigenvalue weighted by Crippen LogP contribution is -2.27. The maximum absolute atomic E-state index is 14.6. The Labute approximate surface area is 834 Å². The SMILES string of the molecule is Cc1c2c3cc4c1OCOc1c(cc5c(c1C)OCOc1c(cc6c(c1C)OCOc1c(cc(c(c1C)OCO2)C3CCCOP(=O)(O)O[C@H]1C[C@H](n2cnc3c(=O)[nH]c(N)nc32)O[C@@H]1CO)C6CCCOP(=O)(O)O[C@H]1C[C@H](n2cnc3c(=O)[nH]c(N)nc32)O[C@@H]1CO)C5CCCOP(=O)(O)O[C@H]1C[C@H](n2cnc3c(=O)[nH]c(N)nc32)O[C@@H]1CO)C4CCCOP(=O)(O)O[C@H]1C[C@H](n2cnc3c(=O)[nH]c(N)nc32)O[C@@H]1CO. The van der Waals surface area contributed by atoms with Crippen molar-refractivity contribution in [3.05, 3.63) is 158 Å². The predicted octanol–water partition coefficient (Wildman–Crippen LogP) is 5.79. The number of nitrogens with two attached hydrogens (primary N) is 4. The Hall–Kier alpha value is -12.0. The summed E-state index contributed by atoms with van der Waals surface area (Å²) in [5, 5.41) is 42.8. The van der Waals surface area contributed by atoms with Gasteiger partial charge < -0.3 is 120 Å². The molecule has 148 heavy (non-hydrogen) atoms. The van der Waals surface area contributed by atoms with E-state index in [2.05, 4.69) is 59.8 Å². The third-order valence-electron chi connectivity index (χ3n) is 27.8. The van der Waals surface area contributed by atoms with Gasteiger partial charge in [-0.25, -0.2) is 38.2 Å². The summed E-state index contributed by atoms with van der Waals surface area (Å²) < 4.78 is 191. The average molecular weight is 2140 g/mol. The van der Waals surface area contributed by atoms with Crippen LogP contribution in [0.3, 0.4) is 0 Å². The maximum atomic E-state index is 14.6. The number of imidazole rings is 4. The molecule has 0 amide bonds. The van der Waals surface area contributed by atoms with Crippen LogP contribution in [-0.4, -0.2) is 247 Å². The monoisotopic (exact) mass is 2140 g/mol. The summed E-state index contributed by atoms with van der Waals surface area (Å²) in [6, 6.07) is 7.63. The Kier molecular flexibility index (Phi) is 28.0. The molecule has 792 valence electrons. The van der Waals surface area contributed by atoms with Gasteiger partial charge in [-0.1, -0.05) is 0 Å². The van der Waals surface area contributed by atoms with E-state index in [1.54, 1.807) is 27.7 Å². The molecule has 8 aliphatic heterocycles. The van der Waals surface area contributed by atoms with Crippen LogP contribution >= 0.6 is 31.3 Å². The van der Waals surface area contributed by atoms with Gasteiger partial charge in [0.15, 0.2) is 44.7 Å². The third-order valence-corrected chi connectivity index (χ3v) is 32.0. The smallest absolute Gasteiger partial charge is 0.457 e. The van der Waals surface area contributed by atoms with Gasteiger partial charge in [0.2, 0.25) is 51.0 Å². The van der Waals surface area contributed by atoms with Crippen molar-refractivity contribution in [1.29, 1.82) is 0 Å². The minimum absolute atomic E-state index is 0.01000. The summed E-state index contributed by atoms with van der Waals surface area (Å²) in [7, 11) is -20.6. The van der Waals surface area contributed by atoms with Crippen molar-refractivity contribution in [2.24, 2.45) is 0 Å². The van der Waals surface area contributed by atoms with Gasteiger partial charge in [-0.3, -0.25) is 93.6 Å². The van der Waals surface area contributed by atoms with Crippen LogP contribution in [0.1, 0.15) is 192 Å². The second kappa shape index (κ2) is 40.7. The molecule has 9 aliphatic rings. The molecule has 1 aliphatic carbocycles. The summed E-state index contributed by atoms with van der Waals surface area (Å²) in [6.45, 7) is 0.526. The Morgan fingerprint density at radius 1 is 0.331 bits per heavy atom. The molecule has 4 aromatic carbocycles. The highest BCUT2D eigenvalue weighted by Crippen LogP contribution is 2.61. The fourth-order valence-corrected chi connectivity index (χ4v) is 25.3. The molecule has 12 aromatic rings. The summed E-state index contributed by atoms with van der Waals surface area (Å²) in [5.74, 6) is -2.66. The van der Waals surface area contributed by atoms with Crippen LogP contribution in [-0.2, 0) is 73.4 Å². The first kappa shape index (κ1) is 102. The zero-order chi connectivity index (χ0) is 104. The number of fused-ring (bicyclic) bond motifs is 4. The molecule has 8 aromatic heterocycles. The van der Waals surface area contributed by atoms with E-state index in [0.717, 1.165) is 0 Å². The average Bonchev–Trinajstić information content (AvgIpc) is 1.12. The Balaban J connectivity index is 0.661. The van der Waals surface area contributed by atoms with Crippen molar-refractivity contribution in [2.45, 2.75) is 202 Å². The zero-order valence-corrected chi connectivity index (χ0v) is 82.9. The minimum atomic E-state index is -5.15. The first-order valence-corrected chi connectivity index (χ1v) is 53.3. The predicted molar refractivity (Wildman–Crippen MR) is 509 cm³/mol. The molecule has 0 radical (unpaired) electrons. The van der Waals surface area contributed by atoms with Gasteiger partial charge in [0.25, 0.3) is 22.2 Å². The number of aromatic nitrogens is 16. The van der Waals surface area contributed by atoms with E-state index >= 15 is 0 Å². The second-order valence-electron chi connectivity index (χ2n) is 36.8. The van der Waals surface area contributed by atoms with Gasteiger partial charge >= 0.3 is 31.3 Å². The van der Waals surface area contributed by atoms with Crippen molar-refractivity contribution in [2.75, 3.05) is 103 Å². The van der Waals surface area contributed by atoms with Crippen molar-refractivity contribution < 1.29 is 151 Å². The number of nitrogen functional groups attached to an aromatic ring is 4. The van der Waals surface area contributed by atoms with Crippen LogP contribution in [0.15, 0.2) is 68.8 Å². The number of nitrogens with one attached hydrogen (secondary N) is 4. The number of aromatic amines is 4. The van der Waals surface area contributed by atoms with E-state index in [4.69, 9.17) is 116 Å².